The van der Waals surface area contributed by atoms with E-state index in [1.54, 1.807) is 0 Å². The Morgan fingerprint density at radius 3 is 2.32 bits per heavy atom. The molecule has 0 spiro atoms. The molecule has 0 aromatic carbocycles. The molecular formula is C33H48O5. The van der Waals surface area contributed by atoms with Crippen LogP contribution in [0.3, 0.4) is 0 Å². The van der Waals surface area contributed by atoms with Crippen LogP contribution in [0.25, 0.3) is 0 Å². The van der Waals surface area contributed by atoms with Crippen molar-refractivity contribution in [2.75, 3.05) is 6.61 Å². The Hall–Kier alpha value is -1.91. The van der Waals surface area contributed by atoms with Gasteiger partial charge in [0.25, 0.3) is 0 Å². The molecule has 0 aromatic rings. The van der Waals surface area contributed by atoms with Crippen LogP contribution in [-0.2, 0) is 19.1 Å². The van der Waals surface area contributed by atoms with E-state index in [1.165, 1.54) is 5.57 Å². The lowest BCUT2D eigenvalue weighted by Crippen LogP contribution is -2.66. The molecule has 4 fully saturated rings. The average Bonchev–Trinajstić information content (AvgIpc) is 2.82. The summed E-state index contributed by atoms with van der Waals surface area (Å²) in [5, 5.41) is 10.0. The third kappa shape index (κ3) is 3.32. The Morgan fingerprint density at radius 2 is 1.68 bits per heavy atom. The van der Waals surface area contributed by atoms with Crippen molar-refractivity contribution < 1.29 is 24.2 Å². The molecule has 0 heterocycles. The van der Waals surface area contributed by atoms with Gasteiger partial charge in [0.2, 0.25) is 0 Å². The van der Waals surface area contributed by atoms with Crippen LogP contribution < -0.4 is 0 Å². The van der Waals surface area contributed by atoms with Crippen molar-refractivity contribution in [3.63, 3.8) is 0 Å². The average molecular weight is 525 g/mol. The van der Waals surface area contributed by atoms with Crippen LogP contribution in [-0.4, -0.2) is 29.2 Å². The molecule has 38 heavy (non-hydrogen) atoms. The van der Waals surface area contributed by atoms with E-state index < -0.39 is 10.8 Å². The van der Waals surface area contributed by atoms with Crippen LogP contribution in [0.2, 0.25) is 0 Å². The molecule has 1 unspecified atom stereocenters. The van der Waals surface area contributed by atoms with Gasteiger partial charge in [-0.1, -0.05) is 54.0 Å². The summed E-state index contributed by atoms with van der Waals surface area (Å²) in [4.78, 5) is 41.3. The standard InChI is InChI=1S/C33H48O5/c1-9-38-27(37)33-14-12-28(2,3)18-21(33)25-22(35)16-24-30(6)17-20(19-34)26(36)29(4,5)23(30)10-11-31(24,7)32(25,8)13-15-33/h16,19,21,23,25,34H,9-15,17-18H2,1-8H3/b20-19-/t21-,23-,25?,30-,31+,32+,33-/m0/s1. The second-order valence-electron chi connectivity index (χ2n) is 15.4. The fraction of sp³-hybridized carbons (Fsp3) is 0.788. The molecule has 1 N–H and O–H groups in total. The zero-order valence-corrected chi connectivity index (χ0v) is 24.8. The highest BCUT2D eigenvalue weighted by molar-refractivity contribution is 6.01. The predicted octanol–water partition coefficient (Wildman–Crippen LogP) is 7.15. The summed E-state index contributed by atoms with van der Waals surface area (Å²) in [7, 11) is 0. The van der Waals surface area contributed by atoms with Gasteiger partial charge in [0.15, 0.2) is 11.6 Å². The maximum Gasteiger partial charge on any atom is 0.312 e. The van der Waals surface area contributed by atoms with Gasteiger partial charge in [0, 0.05) is 16.9 Å². The number of carbonyl (C=O) groups excluding carboxylic acids is 3. The van der Waals surface area contributed by atoms with Crippen LogP contribution in [0.15, 0.2) is 23.5 Å². The molecule has 7 atom stereocenters. The first kappa shape index (κ1) is 27.6. The first-order valence-electron chi connectivity index (χ1n) is 14.9. The number of esters is 1. The number of aliphatic hydroxyl groups excluding tert-OH is 1. The summed E-state index contributed by atoms with van der Waals surface area (Å²) in [6, 6.07) is 0. The molecule has 4 saturated carbocycles. The van der Waals surface area contributed by atoms with Gasteiger partial charge in [0.05, 0.1) is 18.3 Å². The number of aliphatic hydroxyl groups is 1. The minimum atomic E-state index is -0.608. The van der Waals surface area contributed by atoms with Gasteiger partial charge in [0.1, 0.15) is 0 Å². The molecule has 210 valence electrons. The van der Waals surface area contributed by atoms with Crippen molar-refractivity contribution in [2.45, 2.75) is 107 Å². The van der Waals surface area contributed by atoms with E-state index in [1.807, 2.05) is 26.8 Å². The maximum absolute atomic E-state index is 14.5. The lowest BCUT2D eigenvalue weighted by Gasteiger charge is -2.69. The molecule has 0 saturated heterocycles. The molecule has 0 aromatic heterocycles. The van der Waals surface area contributed by atoms with Gasteiger partial charge in [-0.3, -0.25) is 14.4 Å². The van der Waals surface area contributed by atoms with Crippen LogP contribution in [0.5, 0.6) is 0 Å². The molecule has 0 amide bonds. The second-order valence-corrected chi connectivity index (χ2v) is 15.4. The van der Waals surface area contributed by atoms with E-state index in [-0.39, 0.29) is 56.9 Å². The molecule has 5 aliphatic carbocycles. The highest BCUT2D eigenvalue weighted by Crippen LogP contribution is 2.75. The summed E-state index contributed by atoms with van der Waals surface area (Å²) in [5.74, 6) is -0.0684. The monoisotopic (exact) mass is 524 g/mol. The van der Waals surface area contributed by atoms with Crippen LogP contribution in [0, 0.1) is 50.2 Å². The van der Waals surface area contributed by atoms with Crippen molar-refractivity contribution in [1.82, 2.24) is 0 Å². The summed E-state index contributed by atoms with van der Waals surface area (Å²) in [6.07, 6.45) is 9.46. The number of fused-ring (bicyclic) bond motifs is 7. The quantitative estimate of drug-likeness (QED) is 0.236. The van der Waals surface area contributed by atoms with E-state index in [2.05, 4.69) is 34.6 Å². The minimum absolute atomic E-state index is 0.0271. The summed E-state index contributed by atoms with van der Waals surface area (Å²) >= 11 is 0. The first-order valence-corrected chi connectivity index (χ1v) is 14.9. The summed E-state index contributed by atoms with van der Waals surface area (Å²) < 4.78 is 5.71. The second kappa shape index (κ2) is 8.30. The van der Waals surface area contributed by atoms with E-state index in [9.17, 15) is 19.5 Å². The van der Waals surface area contributed by atoms with Crippen molar-refractivity contribution in [3.8, 4) is 0 Å². The number of hydrogen-bond donors (Lipinski definition) is 1. The van der Waals surface area contributed by atoms with Crippen molar-refractivity contribution in [1.29, 1.82) is 0 Å². The molecular weight excluding hydrogens is 476 g/mol. The lowest BCUT2D eigenvalue weighted by atomic mass is 9.33. The SMILES string of the molecule is CCOC(=O)[C@]12CCC(C)(C)C[C@H]1C1C(=O)C=C3[C@@]4(C)C/C(=C/O)C(=O)C(C)(C)[C@@H]4CC[C@@]3(C)[C@]1(C)CC2. The Balaban J connectivity index is 1.66. The van der Waals surface area contributed by atoms with E-state index in [0.717, 1.165) is 51.2 Å². The third-order valence-electron chi connectivity index (χ3n) is 12.8. The maximum atomic E-state index is 14.5. The van der Waals surface area contributed by atoms with Crippen LogP contribution >= 0.6 is 0 Å². The number of Topliss-reactive ketones (excluding diaryl/α,β-unsaturated/α-hetero) is 1. The highest BCUT2D eigenvalue weighted by Gasteiger charge is 2.71. The number of ether oxygens (including phenoxy) is 1. The molecule has 0 aliphatic heterocycles. The Morgan fingerprint density at radius 1 is 1.03 bits per heavy atom. The zero-order valence-electron chi connectivity index (χ0n) is 24.8. The molecule has 5 rings (SSSR count). The number of rotatable bonds is 2. The van der Waals surface area contributed by atoms with E-state index in [4.69, 9.17) is 4.74 Å². The number of carbonyl (C=O) groups is 3. The summed E-state index contributed by atoms with van der Waals surface area (Å²) in [6.45, 7) is 17.7. The van der Waals surface area contributed by atoms with Gasteiger partial charge >= 0.3 is 5.97 Å². The van der Waals surface area contributed by atoms with Gasteiger partial charge in [-0.25, -0.2) is 0 Å². The van der Waals surface area contributed by atoms with Crippen LogP contribution in [0.4, 0.5) is 0 Å². The zero-order chi connectivity index (χ0) is 28.1. The lowest BCUT2D eigenvalue weighted by molar-refractivity contribution is -0.193. The topological polar surface area (TPSA) is 80.7 Å². The molecule has 5 nitrogen and oxygen atoms in total. The van der Waals surface area contributed by atoms with Crippen LogP contribution in [0.1, 0.15) is 107 Å². The van der Waals surface area contributed by atoms with Crippen molar-refractivity contribution >= 4 is 17.5 Å². The van der Waals surface area contributed by atoms with Gasteiger partial charge in [-0.05, 0) is 97.9 Å². The van der Waals surface area contributed by atoms with Gasteiger partial charge < -0.3 is 9.84 Å². The van der Waals surface area contributed by atoms with E-state index >= 15 is 0 Å². The largest absolute Gasteiger partial charge is 0.515 e. The van der Waals surface area contributed by atoms with Gasteiger partial charge in [-0.2, -0.15) is 0 Å². The Bertz CT molecular complexity index is 1140. The first-order chi connectivity index (χ1) is 17.5. The van der Waals surface area contributed by atoms with Gasteiger partial charge in [-0.15, -0.1) is 0 Å². The molecule has 0 bridgehead atoms. The van der Waals surface area contributed by atoms with Crippen molar-refractivity contribution in [2.24, 2.45) is 50.2 Å². The molecule has 0 radical (unpaired) electrons. The number of hydrogen-bond acceptors (Lipinski definition) is 5. The minimum Gasteiger partial charge on any atom is -0.515 e. The predicted molar refractivity (Wildman–Crippen MR) is 147 cm³/mol. The molecule has 5 aliphatic rings. The number of allylic oxidation sites excluding steroid dienone is 3. The number of ketones is 2. The fourth-order valence-corrected chi connectivity index (χ4v) is 10.6. The Labute approximate surface area is 228 Å². The van der Waals surface area contributed by atoms with E-state index in [0.29, 0.717) is 18.6 Å². The summed E-state index contributed by atoms with van der Waals surface area (Å²) in [5.41, 5.74) is -0.376. The van der Waals surface area contributed by atoms with Crippen molar-refractivity contribution in [3.05, 3.63) is 23.5 Å². The third-order valence-corrected chi connectivity index (χ3v) is 12.8. The fourth-order valence-electron chi connectivity index (χ4n) is 10.6. The Kier molecular flexibility index (Phi) is 6.04. The highest BCUT2D eigenvalue weighted by atomic mass is 16.5. The molecule has 5 heteroatoms. The normalized spacial score (nSPS) is 46.3. The smallest absolute Gasteiger partial charge is 0.312 e.